The van der Waals surface area contributed by atoms with Crippen molar-refractivity contribution in [2.45, 2.75) is 26.2 Å². The van der Waals surface area contributed by atoms with E-state index in [9.17, 15) is 25.2 Å². The molecule has 0 saturated carbocycles. The van der Waals surface area contributed by atoms with Crippen molar-refractivity contribution in [2.24, 2.45) is 0 Å². The van der Waals surface area contributed by atoms with E-state index in [-0.39, 0.29) is 40.9 Å². The first-order valence-corrected chi connectivity index (χ1v) is 8.19. The van der Waals surface area contributed by atoms with Gasteiger partial charge in [0.1, 0.15) is 40.9 Å². The molecule has 0 fully saturated rings. The number of phenolic OH excluding ortho intramolecular Hbond substituents is 4. The van der Waals surface area contributed by atoms with Gasteiger partial charge in [-0.3, -0.25) is 4.79 Å². The second-order valence-electron chi connectivity index (χ2n) is 6.55. The van der Waals surface area contributed by atoms with Crippen molar-refractivity contribution < 1.29 is 30.0 Å². The van der Waals surface area contributed by atoms with Crippen LogP contribution in [0.1, 0.15) is 41.3 Å². The predicted octanol–water partition coefficient (Wildman–Crippen LogP) is 3.38. The summed E-state index contributed by atoms with van der Waals surface area (Å²) in [7, 11) is 0. The summed E-state index contributed by atoms with van der Waals surface area (Å²) < 4.78 is 5.52. The van der Waals surface area contributed by atoms with E-state index < -0.39 is 11.7 Å². The second kappa shape index (κ2) is 6.63. The minimum absolute atomic E-state index is 0.0302. The highest BCUT2D eigenvalue weighted by atomic mass is 16.5. The van der Waals surface area contributed by atoms with Crippen LogP contribution in [0.15, 0.2) is 35.9 Å². The van der Waals surface area contributed by atoms with Crippen molar-refractivity contribution in [1.82, 2.24) is 0 Å². The van der Waals surface area contributed by atoms with E-state index in [4.69, 9.17) is 4.74 Å². The molecule has 0 spiro atoms. The average Bonchev–Trinajstić information content (AvgIpc) is 2.55. The Hall–Kier alpha value is -3.15. The molecule has 4 N–H and O–H groups in total. The fraction of sp³-hybridized carbons (Fsp3) is 0.250. The van der Waals surface area contributed by atoms with Gasteiger partial charge in [0.2, 0.25) is 0 Å². The van der Waals surface area contributed by atoms with E-state index in [1.807, 2.05) is 19.9 Å². The summed E-state index contributed by atoms with van der Waals surface area (Å²) in [4.78, 5) is 12.9. The maximum atomic E-state index is 12.9. The molecule has 1 atom stereocenters. The van der Waals surface area contributed by atoms with E-state index in [1.54, 1.807) is 0 Å². The van der Waals surface area contributed by atoms with Crippen LogP contribution in [0.2, 0.25) is 0 Å². The molecule has 136 valence electrons. The van der Waals surface area contributed by atoms with Gasteiger partial charge in [-0.1, -0.05) is 17.7 Å². The average molecular weight is 356 g/mol. The van der Waals surface area contributed by atoms with Gasteiger partial charge in [0, 0.05) is 23.3 Å². The minimum atomic E-state index is -0.830. The quantitative estimate of drug-likeness (QED) is 0.628. The van der Waals surface area contributed by atoms with E-state index >= 15 is 0 Å². The van der Waals surface area contributed by atoms with Crippen molar-refractivity contribution in [3.63, 3.8) is 0 Å². The lowest BCUT2D eigenvalue weighted by atomic mass is 9.86. The highest BCUT2D eigenvalue weighted by Crippen LogP contribution is 2.43. The molecule has 3 rings (SSSR count). The normalized spacial score (nSPS) is 15.9. The molecule has 26 heavy (non-hydrogen) atoms. The van der Waals surface area contributed by atoms with E-state index in [0.29, 0.717) is 17.5 Å². The van der Waals surface area contributed by atoms with E-state index in [1.165, 1.54) is 18.2 Å². The number of hydrogen-bond donors (Lipinski definition) is 4. The summed E-state index contributed by atoms with van der Waals surface area (Å²) in [5, 5.41) is 40.2. The number of carbonyl (C=O) groups is 1. The number of benzene rings is 2. The zero-order chi connectivity index (χ0) is 19.0. The number of rotatable bonds is 3. The molecule has 2 aromatic rings. The van der Waals surface area contributed by atoms with Gasteiger partial charge < -0.3 is 25.2 Å². The molecule has 0 saturated heterocycles. The van der Waals surface area contributed by atoms with Crippen molar-refractivity contribution in [3.8, 4) is 28.7 Å². The Morgan fingerprint density at radius 1 is 1.15 bits per heavy atom. The molecule has 6 heteroatoms. The smallest absolute Gasteiger partial charge is 0.181 e. The summed E-state index contributed by atoms with van der Waals surface area (Å²) in [6, 6.07) is 5.24. The molecule has 1 aliphatic rings. The lowest BCUT2D eigenvalue weighted by Crippen LogP contribution is -2.26. The summed E-state index contributed by atoms with van der Waals surface area (Å²) in [5.74, 6) is -1.94. The third-order valence-corrected chi connectivity index (χ3v) is 4.41. The molecular formula is C20H20O6. The van der Waals surface area contributed by atoms with E-state index in [0.717, 1.165) is 11.6 Å². The Balaban J connectivity index is 2.04. The van der Waals surface area contributed by atoms with Crippen LogP contribution in [-0.2, 0) is 6.42 Å². The lowest BCUT2D eigenvalue weighted by Gasteiger charge is -2.26. The first-order valence-electron chi connectivity index (χ1n) is 8.19. The molecule has 0 radical (unpaired) electrons. The van der Waals surface area contributed by atoms with Crippen LogP contribution in [0, 0.1) is 0 Å². The second-order valence-corrected chi connectivity index (χ2v) is 6.55. The third kappa shape index (κ3) is 3.06. The van der Waals surface area contributed by atoms with Gasteiger partial charge in [-0.25, -0.2) is 0 Å². The molecule has 1 heterocycles. The molecule has 0 unspecified atom stereocenters. The number of hydrogen-bond acceptors (Lipinski definition) is 6. The molecule has 0 aliphatic carbocycles. The topological polar surface area (TPSA) is 107 Å². The minimum Gasteiger partial charge on any atom is -0.508 e. The van der Waals surface area contributed by atoms with E-state index in [2.05, 4.69) is 0 Å². The first-order chi connectivity index (χ1) is 12.3. The standard InChI is InChI=1S/C20H20O6/c1-10(2)3-4-13-15(22)6-5-12(19(13)24)14-9-26-17-8-11(21)7-16(23)18(17)20(14)25/h3,5-8,14,21-24H,4,9H2,1-2H3/t14-/m1/s1. The van der Waals surface area contributed by atoms with Gasteiger partial charge in [-0.15, -0.1) is 0 Å². The number of Topliss-reactive ketones (excluding diaryl/α,β-unsaturated/α-hetero) is 1. The van der Waals surface area contributed by atoms with Crippen LogP contribution in [0.5, 0.6) is 28.7 Å². The Kier molecular flexibility index (Phi) is 4.50. The SMILES string of the molecule is CC(C)=CCc1c(O)ccc([C@H]2COc3cc(O)cc(O)c3C2=O)c1O. The summed E-state index contributed by atoms with van der Waals surface area (Å²) >= 11 is 0. The number of phenols is 4. The fourth-order valence-electron chi connectivity index (χ4n) is 3.03. The molecule has 6 nitrogen and oxygen atoms in total. The van der Waals surface area contributed by atoms with Crippen LogP contribution in [-0.4, -0.2) is 32.8 Å². The van der Waals surface area contributed by atoms with Crippen molar-refractivity contribution in [3.05, 3.63) is 52.6 Å². The highest BCUT2D eigenvalue weighted by Gasteiger charge is 2.35. The fourth-order valence-corrected chi connectivity index (χ4v) is 3.03. The van der Waals surface area contributed by atoms with Gasteiger partial charge >= 0.3 is 0 Å². The van der Waals surface area contributed by atoms with Crippen LogP contribution in [0.3, 0.4) is 0 Å². The number of carbonyl (C=O) groups excluding carboxylic acids is 1. The van der Waals surface area contributed by atoms with Gasteiger partial charge in [0.15, 0.2) is 5.78 Å². The maximum Gasteiger partial charge on any atom is 0.181 e. The molecular weight excluding hydrogens is 336 g/mol. The largest absolute Gasteiger partial charge is 0.508 e. The number of ether oxygens (including phenoxy) is 1. The monoisotopic (exact) mass is 356 g/mol. The van der Waals surface area contributed by atoms with Gasteiger partial charge in [-0.05, 0) is 26.3 Å². The number of fused-ring (bicyclic) bond motifs is 1. The highest BCUT2D eigenvalue weighted by molar-refractivity contribution is 6.06. The summed E-state index contributed by atoms with van der Waals surface area (Å²) in [6.07, 6.45) is 2.19. The van der Waals surface area contributed by atoms with Gasteiger partial charge in [-0.2, -0.15) is 0 Å². The third-order valence-electron chi connectivity index (χ3n) is 4.41. The first kappa shape index (κ1) is 17.7. The Bertz CT molecular complexity index is 909. The van der Waals surface area contributed by atoms with Crippen molar-refractivity contribution in [1.29, 1.82) is 0 Å². The molecule has 2 aromatic carbocycles. The van der Waals surface area contributed by atoms with Crippen molar-refractivity contribution in [2.75, 3.05) is 6.61 Å². The number of aromatic hydroxyl groups is 4. The lowest BCUT2D eigenvalue weighted by molar-refractivity contribution is 0.0889. The Labute approximate surface area is 150 Å². The zero-order valence-electron chi connectivity index (χ0n) is 14.5. The zero-order valence-corrected chi connectivity index (χ0v) is 14.5. The maximum absolute atomic E-state index is 12.9. The van der Waals surface area contributed by atoms with Crippen LogP contribution in [0.25, 0.3) is 0 Å². The van der Waals surface area contributed by atoms with Crippen LogP contribution < -0.4 is 4.74 Å². The molecule has 0 aromatic heterocycles. The van der Waals surface area contributed by atoms with Crippen molar-refractivity contribution >= 4 is 5.78 Å². The Morgan fingerprint density at radius 2 is 1.88 bits per heavy atom. The molecule has 1 aliphatic heterocycles. The molecule has 0 amide bonds. The van der Waals surface area contributed by atoms with Gasteiger partial charge in [0.05, 0.1) is 5.92 Å². The van der Waals surface area contributed by atoms with Gasteiger partial charge in [0.25, 0.3) is 0 Å². The number of allylic oxidation sites excluding steroid dienone is 2. The van der Waals surface area contributed by atoms with Crippen LogP contribution >= 0.6 is 0 Å². The molecule has 0 bridgehead atoms. The predicted molar refractivity (Wildman–Crippen MR) is 95.2 cm³/mol. The summed E-state index contributed by atoms with van der Waals surface area (Å²) in [5.41, 5.74) is 1.66. The Morgan fingerprint density at radius 3 is 2.58 bits per heavy atom. The van der Waals surface area contributed by atoms with Crippen LogP contribution in [0.4, 0.5) is 0 Å². The summed E-state index contributed by atoms with van der Waals surface area (Å²) in [6.45, 7) is 3.77. The number of ketones is 1.